The number of nitrogens with one attached hydrogen (secondary N) is 1. The van der Waals surface area contributed by atoms with Gasteiger partial charge in [-0.3, -0.25) is 0 Å². The molecule has 3 nitrogen and oxygen atoms in total. The minimum atomic E-state index is -0.0648. The summed E-state index contributed by atoms with van der Waals surface area (Å²) in [5.74, 6) is 0. The van der Waals surface area contributed by atoms with E-state index in [1.807, 2.05) is 0 Å². The van der Waals surface area contributed by atoms with Crippen molar-refractivity contribution >= 4 is 0 Å². The van der Waals surface area contributed by atoms with Crippen molar-refractivity contribution in [3.8, 4) is 0 Å². The van der Waals surface area contributed by atoms with E-state index in [0.717, 1.165) is 13.0 Å². The zero-order valence-electron chi connectivity index (χ0n) is 5.26. The molecule has 2 atom stereocenters. The van der Waals surface area contributed by atoms with Crippen LogP contribution in [0.1, 0.15) is 6.42 Å². The number of morpholine rings is 1. The molecule has 2 bridgehead atoms. The number of hydrogen-bond donors (Lipinski definition) is 2. The molecule has 0 amide bonds. The van der Waals surface area contributed by atoms with Gasteiger partial charge in [-0.2, -0.15) is 0 Å². The number of aliphatic hydroxyl groups is 1. The monoisotopic (exact) mass is 129 g/mol. The first-order valence-electron chi connectivity index (χ1n) is 3.32. The molecule has 2 saturated heterocycles. The fourth-order valence-corrected chi connectivity index (χ4v) is 1.58. The summed E-state index contributed by atoms with van der Waals surface area (Å²) in [5.41, 5.74) is -0.0648. The van der Waals surface area contributed by atoms with Crippen LogP contribution in [0.25, 0.3) is 0 Å². The summed E-state index contributed by atoms with van der Waals surface area (Å²) in [6.07, 6.45) is 1.36. The van der Waals surface area contributed by atoms with E-state index in [4.69, 9.17) is 9.84 Å². The molecule has 0 aromatic carbocycles. The Morgan fingerprint density at radius 2 is 2.67 bits per heavy atom. The molecule has 0 aromatic rings. The number of hydrogen-bond acceptors (Lipinski definition) is 3. The lowest BCUT2D eigenvalue weighted by molar-refractivity contribution is 0.0523. The van der Waals surface area contributed by atoms with Crippen molar-refractivity contribution in [2.45, 2.75) is 18.1 Å². The summed E-state index contributed by atoms with van der Waals surface area (Å²) in [7, 11) is 0. The topological polar surface area (TPSA) is 41.5 Å². The van der Waals surface area contributed by atoms with Crippen LogP contribution in [-0.4, -0.2) is 36.5 Å². The van der Waals surface area contributed by atoms with E-state index in [2.05, 4.69) is 5.32 Å². The van der Waals surface area contributed by atoms with Crippen LogP contribution in [0.5, 0.6) is 0 Å². The second kappa shape index (κ2) is 1.68. The zero-order valence-corrected chi connectivity index (χ0v) is 5.26. The summed E-state index contributed by atoms with van der Waals surface area (Å²) in [6, 6.07) is 0. The van der Waals surface area contributed by atoms with Gasteiger partial charge in [-0.15, -0.1) is 0 Å². The largest absolute Gasteiger partial charge is 0.394 e. The molecule has 0 radical (unpaired) electrons. The lowest BCUT2D eigenvalue weighted by Gasteiger charge is -2.23. The highest BCUT2D eigenvalue weighted by Gasteiger charge is 2.45. The van der Waals surface area contributed by atoms with Crippen molar-refractivity contribution in [3.05, 3.63) is 0 Å². The number of rotatable bonds is 1. The van der Waals surface area contributed by atoms with Crippen LogP contribution in [0.2, 0.25) is 0 Å². The summed E-state index contributed by atoms with van der Waals surface area (Å²) in [4.78, 5) is 0. The van der Waals surface area contributed by atoms with Gasteiger partial charge < -0.3 is 15.2 Å². The molecule has 0 saturated carbocycles. The molecule has 0 unspecified atom stereocenters. The molecule has 2 aliphatic rings. The average molecular weight is 129 g/mol. The van der Waals surface area contributed by atoms with E-state index in [9.17, 15) is 0 Å². The van der Waals surface area contributed by atoms with E-state index in [0.29, 0.717) is 12.7 Å². The molecule has 0 aromatic heterocycles. The van der Waals surface area contributed by atoms with Crippen LogP contribution in [0.15, 0.2) is 0 Å². The van der Waals surface area contributed by atoms with Crippen molar-refractivity contribution in [2.24, 2.45) is 0 Å². The predicted octanol–water partition coefficient (Wildman–Crippen LogP) is -0.890. The quantitative estimate of drug-likeness (QED) is 0.482. The van der Waals surface area contributed by atoms with E-state index in [1.165, 1.54) is 0 Å². The van der Waals surface area contributed by atoms with Gasteiger partial charge in [-0.1, -0.05) is 0 Å². The summed E-state index contributed by atoms with van der Waals surface area (Å²) < 4.78 is 5.32. The number of aliphatic hydroxyl groups excluding tert-OH is 1. The Balaban J connectivity index is 2.13. The number of fused-ring (bicyclic) bond motifs is 2. The van der Waals surface area contributed by atoms with E-state index in [1.54, 1.807) is 0 Å². The van der Waals surface area contributed by atoms with Crippen molar-refractivity contribution in [1.82, 2.24) is 5.32 Å². The van der Waals surface area contributed by atoms with E-state index in [-0.39, 0.29) is 12.1 Å². The van der Waals surface area contributed by atoms with Gasteiger partial charge in [0, 0.05) is 6.54 Å². The molecular formula is C6H11NO2. The van der Waals surface area contributed by atoms with Crippen molar-refractivity contribution in [3.63, 3.8) is 0 Å². The fourth-order valence-electron chi connectivity index (χ4n) is 1.58. The first-order valence-corrected chi connectivity index (χ1v) is 3.32. The standard InChI is InChI=1S/C6H11NO2/c8-3-6-1-5(2-7-6)9-4-6/h5,7-8H,1-4H2/t5-,6+/m1/s1. The van der Waals surface area contributed by atoms with Crippen LogP contribution in [0, 0.1) is 0 Å². The smallest absolute Gasteiger partial charge is 0.0719 e. The first kappa shape index (κ1) is 5.65. The molecule has 9 heavy (non-hydrogen) atoms. The van der Waals surface area contributed by atoms with Gasteiger partial charge in [-0.05, 0) is 6.42 Å². The van der Waals surface area contributed by atoms with Gasteiger partial charge in [0.25, 0.3) is 0 Å². The first-order chi connectivity index (χ1) is 4.35. The molecule has 0 spiro atoms. The minimum Gasteiger partial charge on any atom is -0.394 e. The third kappa shape index (κ3) is 0.689. The summed E-state index contributed by atoms with van der Waals surface area (Å²) >= 11 is 0. The molecule has 0 aliphatic carbocycles. The van der Waals surface area contributed by atoms with Gasteiger partial charge in [0.15, 0.2) is 0 Å². The van der Waals surface area contributed by atoms with Crippen molar-refractivity contribution in [1.29, 1.82) is 0 Å². The highest BCUT2D eigenvalue weighted by molar-refractivity contribution is 5.02. The Kier molecular flexibility index (Phi) is 1.06. The molecular weight excluding hydrogens is 118 g/mol. The van der Waals surface area contributed by atoms with Gasteiger partial charge in [-0.25, -0.2) is 0 Å². The second-order valence-electron chi connectivity index (χ2n) is 2.96. The molecule has 2 rings (SSSR count). The Hall–Kier alpha value is -0.120. The van der Waals surface area contributed by atoms with Gasteiger partial charge >= 0.3 is 0 Å². The Bertz CT molecular complexity index is 118. The van der Waals surface area contributed by atoms with Crippen LogP contribution in [0.4, 0.5) is 0 Å². The molecule has 2 fully saturated rings. The molecule has 3 heteroatoms. The maximum atomic E-state index is 8.90. The summed E-state index contributed by atoms with van der Waals surface area (Å²) in [6.45, 7) is 1.82. The molecule has 52 valence electrons. The molecule has 2 heterocycles. The highest BCUT2D eigenvalue weighted by Crippen LogP contribution is 2.28. The molecule has 2 aliphatic heterocycles. The second-order valence-corrected chi connectivity index (χ2v) is 2.96. The molecule has 2 N–H and O–H groups in total. The maximum Gasteiger partial charge on any atom is 0.0719 e. The summed E-state index contributed by atoms with van der Waals surface area (Å²) in [5, 5.41) is 12.1. The highest BCUT2D eigenvalue weighted by atomic mass is 16.5. The van der Waals surface area contributed by atoms with E-state index < -0.39 is 0 Å². The predicted molar refractivity (Wildman–Crippen MR) is 32.2 cm³/mol. The minimum absolute atomic E-state index is 0.0648. The van der Waals surface area contributed by atoms with E-state index >= 15 is 0 Å². The Morgan fingerprint density at radius 3 is 2.89 bits per heavy atom. The maximum absolute atomic E-state index is 8.90. The van der Waals surface area contributed by atoms with Gasteiger partial charge in [0.2, 0.25) is 0 Å². The van der Waals surface area contributed by atoms with Crippen molar-refractivity contribution in [2.75, 3.05) is 19.8 Å². The average Bonchev–Trinajstić information content (AvgIpc) is 2.46. The number of ether oxygens (including phenoxy) is 1. The normalized spacial score (nSPS) is 48.3. The SMILES string of the molecule is OC[C@@]12CO[C@@H](CN1)C2. The third-order valence-corrected chi connectivity index (χ3v) is 2.22. The lowest BCUT2D eigenvalue weighted by Crippen LogP contribution is -2.47. The fraction of sp³-hybridized carbons (Fsp3) is 1.00. The van der Waals surface area contributed by atoms with Gasteiger partial charge in [0.1, 0.15) is 0 Å². The van der Waals surface area contributed by atoms with Crippen LogP contribution >= 0.6 is 0 Å². The van der Waals surface area contributed by atoms with Gasteiger partial charge in [0.05, 0.1) is 24.9 Å². The Morgan fingerprint density at radius 1 is 1.78 bits per heavy atom. The Labute approximate surface area is 54.0 Å². The van der Waals surface area contributed by atoms with Crippen molar-refractivity contribution < 1.29 is 9.84 Å². The lowest BCUT2D eigenvalue weighted by atomic mass is 10.0. The zero-order chi connectivity index (χ0) is 6.32. The van der Waals surface area contributed by atoms with Crippen LogP contribution in [-0.2, 0) is 4.74 Å². The van der Waals surface area contributed by atoms with Crippen LogP contribution in [0.3, 0.4) is 0 Å². The third-order valence-electron chi connectivity index (χ3n) is 2.22. The van der Waals surface area contributed by atoms with Crippen LogP contribution < -0.4 is 5.32 Å².